The number of aryl methyl sites for hydroxylation is 1. The Hall–Kier alpha value is -3.41. The summed E-state index contributed by atoms with van der Waals surface area (Å²) in [5, 5.41) is 17.4. The maximum Gasteiger partial charge on any atom is 0.292 e. The minimum absolute atomic E-state index is 0.0103. The lowest BCUT2D eigenvalue weighted by Crippen LogP contribution is -1.98. The van der Waals surface area contributed by atoms with Crippen molar-refractivity contribution in [2.45, 2.75) is 6.92 Å². The SMILES string of the molecule is Cc1ccc(Nc2ccccc2[N+](=O)[O-])cc1Nc1ccc(F)cc1. The normalized spacial score (nSPS) is 10.3. The molecule has 6 heteroatoms. The zero-order valence-corrected chi connectivity index (χ0v) is 13.5. The molecule has 0 radical (unpaired) electrons. The third-order valence-electron chi connectivity index (χ3n) is 3.74. The van der Waals surface area contributed by atoms with E-state index >= 15 is 0 Å². The number of hydrogen-bond acceptors (Lipinski definition) is 4. The predicted octanol–water partition coefficient (Wildman–Crippen LogP) is 5.53. The van der Waals surface area contributed by atoms with E-state index < -0.39 is 4.92 Å². The van der Waals surface area contributed by atoms with E-state index in [1.807, 2.05) is 25.1 Å². The van der Waals surface area contributed by atoms with Gasteiger partial charge in [0.05, 0.1) is 4.92 Å². The maximum absolute atomic E-state index is 13.0. The molecule has 0 aliphatic rings. The number of nitro benzene ring substituents is 1. The van der Waals surface area contributed by atoms with E-state index in [4.69, 9.17) is 0 Å². The Labute approximate surface area is 144 Å². The second kappa shape index (κ2) is 7.00. The number of nitrogens with one attached hydrogen (secondary N) is 2. The lowest BCUT2D eigenvalue weighted by molar-refractivity contribution is -0.383. The van der Waals surface area contributed by atoms with Gasteiger partial charge in [-0.3, -0.25) is 10.1 Å². The number of anilines is 4. The van der Waals surface area contributed by atoms with Crippen LogP contribution in [0, 0.1) is 22.9 Å². The Morgan fingerprint density at radius 1 is 0.880 bits per heavy atom. The third kappa shape index (κ3) is 3.92. The molecule has 0 amide bonds. The Morgan fingerprint density at radius 2 is 1.52 bits per heavy atom. The van der Waals surface area contributed by atoms with Gasteiger partial charge in [0.1, 0.15) is 11.5 Å². The average Bonchev–Trinajstić information content (AvgIpc) is 2.60. The van der Waals surface area contributed by atoms with Crippen LogP contribution < -0.4 is 10.6 Å². The van der Waals surface area contributed by atoms with Gasteiger partial charge in [0.25, 0.3) is 5.69 Å². The summed E-state index contributed by atoms with van der Waals surface area (Å²) >= 11 is 0. The molecule has 0 heterocycles. The molecule has 3 aromatic carbocycles. The van der Waals surface area contributed by atoms with Crippen molar-refractivity contribution in [1.29, 1.82) is 0 Å². The highest BCUT2D eigenvalue weighted by Gasteiger charge is 2.12. The van der Waals surface area contributed by atoms with Crippen molar-refractivity contribution in [3.05, 3.63) is 88.2 Å². The van der Waals surface area contributed by atoms with Crippen molar-refractivity contribution in [2.75, 3.05) is 10.6 Å². The number of rotatable bonds is 5. The summed E-state index contributed by atoms with van der Waals surface area (Å²) in [7, 11) is 0. The van der Waals surface area contributed by atoms with E-state index in [0.29, 0.717) is 11.4 Å². The number of para-hydroxylation sites is 2. The highest BCUT2D eigenvalue weighted by molar-refractivity contribution is 5.74. The van der Waals surface area contributed by atoms with Gasteiger partial charge in [0.2, 0.25) is 0 Å². The van der Waals surface area contributed by atoms with Crippen LogP contribution in [0.25, 0.3) is 0 Å². The minimum Gasteiger partial charge on any atom is -0.355 e. The van der Waals surface area contributed by atoms with Crippen LogP contribution >= 0.6 is 0 Å². The smallest absolute Gasteiger partial charge is 0.292 e. The molecule has 0 unspecified atom stereocenters. The first-order valence-corrected chi connectivity index (χ1v) is 7.66. The van der Waals surface area contributed by atoms with E-state index in [1.54, 1.807) is 30.3 Å². The van der Waals surface area contributed by atoms with Crippen molar-refractivity contribution < 1.29 is 9.31 Å². The van der Waals surface area contributed by atoms with Crippen molar-refractivity contribution in [1.82, 2.24) is 0 Å². The van der Waals surface area contributed by atoms with Gasteiger partial charge in [0.15, 0.2) is 0 Å². The fourth-order valence-electron chi connectivity index (χ4n) is 2.42. The number of nitrogens with zero attached hydrogens (tertiary/aromatic N) is 1. The maximum atomic E-state index is 13.0. The van der Waals surface area contributed by atoms with Crippen molar-refractivity contribution in [3.8, 4) is 0 Å². The third-order valence-corrected chi connectivity index (χ3v) is 3.74. The largest absolute Gasteiger partial charge is 0.355 e. The molecule has 0 aliphatic heterocycles. The van der Waals surface area contributed by atoms with E-state index in [0.717, 1.165) is 16.9 Å². The first-order chi connectivity index (χ1) is 12.0. The molecule has 3 rings (SSSR count). The number of halogens is 1. The topological polar surface area (TPSA) is 67.2 Å². The number of nitro groups is 1. The summed E-state index contributed by atoms with van der Waals surface area (Å²) in [6.07, 6.45) is 0. The summed E-state index contributed by atoms with van der Waals surface area (Å²) in [6.45, 7) is 1.95. The molecule has 0 saturated carbocycles. The van der Waals surface area contributed by atoms with Crippen molar-refractivity contribution in [2.24, 2.45) is 0 Å². The zero-order valence-electron chi connectivity index (χ0n) is 13.5. The summed E-state index contributed by atoms with van der Waals surface area (Å²) in [4.78, 5) is 10.7. The molecule has 0 spiro atoms. The first kappa shape index (κ1) is 16.4. The lowest BCUT2D eigenvalue weighted by Gasteiger charge is -2.13. The fraction of sp³-hybridized carbons (Fsp3) is 0.0526. The standard InChI is InChI=1S/C19H16FN3O2/c1-13-6-9-16(22-17-4-2-3-5-19(17)23(24)25)12-18(13)21-15-10-7-14(20)8-11-15/h2-12,21-22H,1H3. The van der Waals surface area contributed by atoms with Gasteiger partial charge in [-0.25, -0.2) is 4.39 Å². The van der Waals surface area contributed by atoms with Crippen molar-refractivity contribution >= 4 is 28.4 Å². The van der Waals surface area contributed by atoms with Crippen LogP contribution in [-0.2, 0) is 0 Å². The lowest BCUT2D eigenvalue weighted by atomic mass is 10.1. The summed E-state index contributed by atoms with van der Waals surface area (Å²) in [6, 6.07) is 18.1. The van der Waals surface area contributed by atoms with Gasteiger partial charge in [0, 0.05) is 23.1 Å². The molecule has 0 bridgehead atoms. The van der Waals surface area contributed by atoms with Crippen LogP contribution in [-0.4, -0.2) is 4.92 Å². The summed E-state index contributed by atoms with van der Waals surface area (Å²) < 4.78 is 13.0. The van der Waals surface area contributed by atoms with Gasteiger partial charge in [-0.2, -0.15) is 0 Å². The van der Waals surface area contributed by atoms with Gasteiger partial charge in [-0.15, -0.1) is 0 Å². The zero-order chi connectivity index (χ0) is 17.8. The van der Waals surface area contributed by atoms with E-state index in [-0.39, 0.29) is 11.5 Å². The van der Waals surface area contributed by atoms with Gasteiger partial charge < -0.3 is 10.6 Å². The van der Waals surface area contributed by atoms with Crippen LogP contribution in [0.2, 0.25) is 0 Å². The van der Waals surface area contributed by atoms with Crippen LogP contribution in [0.4, 0.5) is 32.8 Å². The second-order valence-electron chi connectivity index (χ2n) is 5.56. The highest BCUT2D eigenvalue weighted by atomic mass is 19.1. The van der Waals surface area contributed by atoms with Crippen LogP contribution in [0.15, 0.2) is 66.7 Å². The van der Waals surface area contributed by atoms with Gasteiger partial charge >= 0.3 is 0 Å². The Kier molecular flexibility index (Phi) is 4.61. The quantitative estimate of drug-likeness (QED) is 0.474. The van der Waals surface area contributed by atoms with Gasteiger partial charge in [-0.1, -0.05) is 18.2 Å². The fourth-order valence-corrected chi connectivity index (χ4v) is 2.42. The van der Waals surface area contributed by atoms with Crippen molar-refractivity contribution in [3.63, 3.8) is 0 Å². The molecule has 2 N–H and O–H groups in total. The molecule has 0 saturated heterocycles. The Morgan fingerprint density at radius 3 is 2.24 bits per heavy atom. The minimum atomic E-state index is -0.422. The van der Waals surface area contributed by atoms with Crippen LogP contribution in [0.1, 0.15) is 5.56 Å². The van der Waals surface area contributed by atoms with E-state index in [1.165, 1.54) is 18.2 Å². The molecule has 0 aromatic heterocycles. The number of benzene rings is 3. The van der Waals surface area contributed by atoms with Gasteiger partial charge in [-0.05, 0) is 55.0 Å². The molecule has 0 aliphatic carbocycles. The molecular formula is C19H16FN3O2. The number of hydrogen-bond donors (Lipinski definition) is 2. The average molecular weight is 337 g/mol. The van der Waals surface area contributed by atoms with E-state index in [2.05, 4.69) is 10.6 Å². The molecule has 5 nitrogen and oxygen atoms in total. The molecular weight excluding hydrogens is 321 g/mol. The van der Waals surface area contributed by atoms with Crippen LogP contribution in [0.5, 0.6) is 0 Å². The monoisotopic (exact) mass is 337 g/mol. The molecule has 3 aromatic rings. The first-order valence-electron chi connectivity index (χ1n) is 7.66. The molecule has 25 heavy (non-hydrogen) atoms. The van der Waals surface area contributed by atoms with Crippen LogP contribution in [0.3, 0.4) is 0 Å². The molecule has 0 atom stereocenters. The highest BCUT2D eigenvalue weighted by Crippen LogP contribution is 2.30. The summed E-state index contributed by atoms with van der Waals surface area (Å²) in [5.74, 6) is -0.297. The van der Waals surface area contributed by atoms with E-state index in [9.17, 15) is 14.5 Å². The second-order valence-corrected chi connectivity index (χ2v) is 5.56. The Balaban J connectivity index is 1.87. The molecule has 126 valence electrons. The molecule has 0 fully saturated rings. The predicted molar refractivity (Wildman–Crippen MR) is 97.2 cm³/mol. The Bertz CT molecular complexity index is 911. The summed E-state index contributed by atoms with van der Waals surface area (Å²) in [5.41, 5.74) is 3.73.